The summed E-state index contributed by atoms with van der Waals surface area (Å²) in [6, 6.07) is 0. The van der Waals surface area contributed by atoms with Crippen LogP contribution in [-0.2, 0) is 33.3 Å². The number of carboxylic acid groups (broad SMARTS) is 1. The second kappa shape index (κ2) is 76.7. The van der Waals surface area contributed by atoms with Crippen LogP contribution in [0.15, 0.2) is 60.8 Å². The minimum absolute atomic E-state index is 0.150. The van der Waals surface area contributed by atoms with Gasteiger partial charge in [-0.1, -0.05) is 376 Å². The summed E-state index contributed by atoms with van der Waals surface area (Å²) in [7, 11) is 5.95. The van der Waals surface area contributed by atoms with Crippen LogP contribution < -0.4 is 5.11 Å². The van der Waals surface area contributed by atoms with Crippen molar-refractivity contribution in [3.63, 3.8) is 0 Å². The molecule has 0 spiro atoms. The highest BCUT2D eigenvalue weighted by Crippen LogP contribution is 2.20. The van der Waals surface area contributed by atoms with E-state index in [2.05, 4.69) is 74.6 Å². The van der Waals surface area contributed by atoms with Gasteiger partial charge in [0.05, 0.1) is 40.3 Å². The monoisotopic (exact) mass is 1330 g/mol. The second-order valence-corrected chi connectivity index (χ2v) is 29.4. The zero-order valence-corrected chi connectivity index (χ0v) is 63.8. The summed E-state index contributed by atoms with van der Waals surface area (Å²) >= 11 is 0. The molecule has 0 aliphatic carbocycles. The minimum atomic E-state index is -1.62. The summed E-state index contributed by atoms with van der Waals surface area (Å²) in [5.74, 6) is -2.25. The van der Waals surface area contributed by atoms with Crippen molar-refractivity contribution in [2.45, 2.75) is 424 Å². The molecule has 0 saturated carbocycles. The van der Waals surface area contributed by atoms with Gasteiger partial charge in [0.2, 0.25) is 0 Å². The molecule has 0 bridgehead atoms. The van der Waals surface area contributed by atoms with Crippen molar-refractivity contribution in [1.82, 2.24) is 0 Å². The summed E-state index contributed by atoms with van der Waals surface area (Å²) in [5, 5.41) is 11.9. The van der Waals surface area contributed by atoms with E-state index in [0.29, 0.717) is 23.9 Å². The predicted molar refractivity (Wildman–Crippen MR) is 408 cm³/mol. The largest absolute Gasteiger partial charge is 0.545 e. The number of hydrogen-bond donors (Lipinski definition) is 0. The number of unbranched alkanes of at least 4 members (excludes halogenated alkanes) is 53. The topological polar surface area (TPSA) is 111 Å². The van der Waals surface area contributed by atoms with Crippen LogP contribution >= 0.6 is 0 Å². The molecule has 9 nitrogen and oxygen atoms in total. The van der Waals surface area contributed by atoms with Crippen molar-refractivity contribution < 1.29 is 42.9 Å². The Kier molecular flexibility index (Phi) is 74.3. The first-order chi connectivity index (χ1) is 46.6. The van der Waals surface area contributed by atoms with Gasteiger partial charge in [-0.3, -0.25) is 9.59 Å². The van der Waals surface area contributed by atoms with Crippen LogP contribution in [0.2, 0.25) is 0 Å². The number of ether oxygens (including phenoxy) is 4. The molecule has 0 rings (SSSR count). The van der Waals surface area contributed by atoms with E-state index in [1.165, 1.54) is 327 Å². The van der Waals surface area contributed by atoms with E-state index in [-0.39, 0.29) is 32.2 Å². The molecule has 2 atom stereocenters. The Labute approximate surface area is 590 Å². The second-order valence-electron chi connectivity index (χ2n) is 29.4. The lowest BCUT2D eigenvalue weighted by molar-refractivity contribution is -0.870. The van der Waals surface area contributed by atoms with Gasteiger partial charge in [-0.25, -0.2) is 0 Å². The van der Waals surface area contributed by atoms with Crippen LogP contribution in [0.25, 0.3) is 0 Å². The van der Waals surface area contributed by atoms with Crippen molar-refractivity contribution >= 4 is 17.9 Å². The summed E-state index contributed by atoms with van der Waals surface area (Å²) in [5.41, 5.74) is 0. The standard InChI is InChI=1S/C86H159NO8/c1-6-8-10-12-14-16-18-20-22-24-26-28-30-32-34-36-38-40-41-42-43-45-46-48-50-52-54-56-58-60-62-64-66-68-70-72-74-76-83(88)93-80-82(81-94-86(85(90)91)92-79-78-87(3,4)5)95-84(89)77-75-73-71-69-67-65-63-61-59-57-55-53-51-49-47-44-39-37-35-33-31-29-27-25-23-21-19-17-15-13-11-9-7-2/h18-21,24-27,31,33,82,86H,6-17,22-23,28-30,32,34-81H2,1-5H3/b20-18-,21-19-,26-24-,27-25-,33-31-. The highest BCUT2D eigenvalue weighted by Gasteiger charge is 2.22. The summed E-state index contributed by atoms with van der Waals surface area (Å²) < 4.78 is 22.9. The molecule has 0 N–H and O–H groups in total. The lowest BCUT2D eigenvalue weighted by Gasteiger charge is -2.26. The summed E-state index contributed by atoms with van der Waals surface area (Å²) in [6.07, 6.45) is 99.3. The van der Waals surface area contributed by atoms with Crippen LogP contribution in [0.1, 0.15) is 412 Å². The highest BCUT2D eigenvalue weighted by molar-refractivity contribution is 5.70. The van der Waals surface area contributed by atoms with Gasteiger partial charge in [0.1, 0.15) is 13.2 Å². The van der Waals surface area contributed by atoms with Crippen molar-refractivity contribution in [2.75, 3.05) is 47.5 Å². The third kappa shape index (κ3) is 78.2. The number of carbonyl (C=O) groups is 3. The smallest absolute Gasteiger partial charge is 0.306 e. The number of esters is 2. The Bertz CT molecular complexity index is 1750. The van der Waals surface area contributed by atoms with E-state index < -0.39 is 24.3 Å². The van der Waals surface area contributed by atoms with Gasteiger partial charge in [-0.05, 0) is 83.5 Å². The molecule has 0 aliphatic heterocycles. The van der Waals surface area contributed by atoms with Crippen LogP contribution in [0.5, 0.6) is 0 Å². The molecule has 0 aromatic carbocycles. The molecular weight excluding hydrogens is 1170 g/mol. The van der Waals surface area contributed by atoms with Gasteiger partial charge in [0.25, 0.3) is 0 Å². The quantitative estimate of drug-likeness (QED) is 0.0195. The van der Waals surface area contributed by atoms with Gasteiger partial charge in [0, 0.05) is 12.8 Å². The Morgan fingerprint density at radius 3 is 0.842 bits per heavy atom. The fourth-order valence-electron chi connectivity index (χ4n) is 12.4. The van der Waals surface area contributed by atoms with Gasteiger partial charge < -0.3 is 33.3 Å². The van der Waals surface area contributed by atoms with Crippen molar-refractivity contribution in [2.24, 2.45) is 0 Å². The number of rotatable bonds is 78. The molecule has 0 saturated heterocycles. The zero-order chi connectivity index (χ0) is 69.0. The maximum Gasteiger partial charge on any atom is 0.306 e. The minimum Gasteiger partial charge on any atom is -0.545 e. The number of quaternary nitrogens is 1. The third-order valence-corrected chi connectivity index (χ3v) is 18.7. The summed E-state index contributed by atoms with van der Waals surface area (Å²) in [4.78, 5) is 37.6. The molecule has 0 heterocycles. The Morgan fingerprint density at radius 1 is 0.316 bits per heavy atom. The molecule has 2 unspecified atom stereocenters. The van der Waals surface area contributed by atoms with Crippen molar-refractivity contribution in [1.29, 1.82) is 0 Å². The average Bonchev–Trinajstić information content (AvgIpc) is 3.75. The van der Waals surface area contributed by atoms with E-state index in [0.717, 1.165) is 51.4 Å². The molecule has 95 heavy (non-hydrogen) atoms. The van der Waals surface area contributed by atoms with Gasteiger partial charge >= 0.3 is 11.9 Å². The molecule has 0 radical (unpaired) electrons. The molecule has 0 aromatic heterocycles. The molecule has 556 valence electrons. The van der Waals surface area contributed by atoms with E-state index >= 15 is 0 Å². The maximum absolute atomic E-state index is 13.0. The van der Waals surface area contributed by atoms with Gasteiger partial charge in [-0.2, -0.15) is 0 Å². The SMILES string of the molecule is CCCCCCC/C=C\C/C=C\C/C=C\CCCCCCCCCCCCCCCCCCCCC(=O)OC(COC(=O)CCCCCCCCCCCCCCCCCCCCCCCCCCC/C=C\C/C=C\CCCCCCC)COC(OCC[N+](C)(C)C)C(=O)[O-]. The van der Waals surface area contributed by atoms with Crippen molar-refractivity contribution in [3.8, 4) is 0 Å². The first-order valence-electron chi connectivity index (χ1n) is 41.4. The number of aliphatic carboxylic acids is 1. The van der Waals surface area contributed by atoms with Crippen LogP contribution in [0, 0.1) is 0 Å². The predicted octanol–water partition coefficient (Wildman–Crippen LogP) is 25.3. The number of nitrogens with zero attached hydrogens (tertiary/aromatic N) is 1. The molecule has 9 heteroatoms. The molecule has 0 aromatic rings. The lowest BCUT2D eigenvalue weighted by Crippen LogP contribution is -2.44. The van der Waals surface area contributed by atoms with Crippen molar-refractivity contribution in [3.05, 3.63) is 60.8 Å². The normalized spacial score (nSPS) is 12.9. The highest BCUT2D eigenvalue weighted by atomic mass is 16.7. The zero-order valence-electron chi connectivity index (χ0n) is 63.8. The van der Waals surface area contributed by atoms with E-state index in [9.17, 15) is 19.5 Å². The fourth-order valence-corrected chi connectivity index (χ4v) is 12.4. The van der Waals surface area contributed by atoms with E-state index in [4.69, 9.17) is 18.9 Å². The molecular formula is C86H159NO8. The van der Waals surface area contributed by atoms with E-state index in [1.807, 2.05) is 21.1 Å². The van der Waals surface area contributed by atoms with Gasteiger partial charge in [-0.15, -0.1) is 0 Å². The number of allylic oxidation sites excluding steroid dienone is 10. The lowest BCUT2D eigenvalue weighted by atomic mass is 10.0. The van der Waals surface area contributed by atoms with Gasteiger partial charge in [0.15, 0.2) is 12.4 Å². The summed E-state index contributed by atoms with van der Waals surface area (Å²) in [6.45, 7) is 4.80. The Hall–Kier alpha value is -3.01. The average molecular weight is 1340 g/mol. The van der Waals surface area contributed by atoms with Crippen LogP contribution in [0.4, 0.5) is 0 Å². The van der Waals surface area contributed by atoms with E-state index in [1.54, 1.807) is 0 Å². The maximum atomic E-state index is 13.0. The Balaban J connectivity index is 3.96. The first-order valence-corrected chi connectivity index (χ1v) is 41.4. The number of hydrogen-bond acceptors (Lipinski definition) is 8. The molecule has 0 fully saturated rings. The fraction of sp³-hybridized carbons (Fsp3) is 0.849. The third-order valence-electron chi connectivity index (χ3n) is 18.7. The van der Waals surface area contributed by atoms with Crippen LogP contribution in [0.3, 0.4) is 0 Å². The first kappa shape index (κ1) is 92.0. The number of likely N-dealkylation sites (N-methyl/N-ethyl adjacent to an activating group) is 1. The molecule has 0 aliphatic rings. The van der Waals surface area contributed by atoms with Crippen LogP contribution in [-0.4, -0.2) is 82.3 Å². The Morgan fingerprint density at radius 2 is 0.568 bits per heavy atom. The molecule has 0 amide bonds. The number of carboxylic acids is 1. The number of carbonyl (C=O) groups excluding carboxylic acids is 3.